The average molecular weight is 392 g/mol. The lowest BCUT2D eigenvalue weighted by Gasteiger charge is -2.40. The van der Waals surface area contributed by atoms with Crippen molar-refractivity contribution in [2.75, 3.05) is 36.1 Å². The first kappa shape index (κ1) is 19.6. The van der Waals surface area contributed by atoms with Crippen LogP contribution < -0.4 is 15.4 Å². The predicted octanol–water partition coefficient (Wildman–Crippen LogP) is 1.34. The zero-order valence-corrected chi connectivity index (χ0v) is 14.9. The molecule has 11 heteroatoms. The number of carbonyl (C=O) groups is 1. The number of morpholine rings is 1. The SMILES string of the molecule is CC(=O)CN1c2nc(N3CCOC[C@H]3C)c(F)c(=O)n2CCC1C(F)(F)F. The van der Waals surface area contributed by atoms with Crippen LogP contribution in [0.5, 0.6) is 0 Å². The molecule has 0 aromatic carbocycles. The number of hydrogen-bond donors (Lipinski definition) is 0. The van der Waals surface area contributed by atoms with E-state index in [0.29, 0.717) is 0 Å². The first-order valence-corrected chi connectivity index (χ1v) is 8.58. The Morgan fingerprint density at radius 2 is 2.04 bits per heavy atom. The maximum absolute atomic E-state index is 14.7. The molecule has 3 heterocycles. The van der Waals surface area contributed by atoms with Gasteiger partial charge in [0.05, 0.1) is 25.8 Å². The molecule has 0 spiro atoms. The minimum absolute atomic E-state index is 0.253. The van der Waals surface area contributed by atoms with E-state index in [2.05, 4.69) is 4.98 Å². The van der Waals surface area contributed by atoms with Gasteiger partial charge in [0.1, 0.15) is 11.8 Å². The molecule has 1 fully saturated rings. The second kappa shape index (κ2) is 7.10. The summed E-state index contributed by atoms with van der Waals surface area (Å²) < 4.78 is 61.2. The van der Waals surface area contributed by atoms with Gasteiger partial charge in [0.25, 0.3) is 5.56 Å². The number of ether oxygens (including phenoxy) is 1. The second-order valence-corrected chi connectivity index (χ2v) is 6.80. The maximum atomic E-state index is 14.7. The van der Waals surface area contributed by atoms with Crippen molar-refractivity contribution in [3.05, 3.63) is 16.2 Å². The van der Waals surface area contributed by atoms with Crippen molar-refractivity contribution >= 4 is 17.5 Å². The number of Topliss-reactive ketones (excluding diaryl/α,β-unsaturated/α-hetero) is 1. The van der Waals surface area contributed by atoms with E-state index in [9.17, 15) is 27.2 Å². The molecule has 0 bridgehead atoms. The quantitative estimate of drug-likeness (QED) is 0.724. The van der Waals surface area contributed by atoms with Gasteiger partial charge < -0.3 is 14.5 Å². The zero-order chi connectivity index (χ0) is 19.9. The van der Waals surface area contributed by atoms with Crippen LogP contribution in [-0.4, -0.2) is 59.9 Å². The van der Waals surface area contributed by atoms with Gasteiger partial charge in [-0.3, -0.25) is 14.2 Å². The van der Waals surface area contributed by atoms with Crippen LogP contribution in [0.25, 0.3) is 0 Å². The van der Waals surface area contributed by atoms with E-state index in [1.165, 1.54) is 4.90 Å². The Hall–Kier alpha value is -2.17. The first-order valence-electron chi connectivity index (χ1n) is 8.58. The number of ketones is 1. The topological polar surface area (TPSA) is 67.7 Å². The van der Waals surface area contributed by atoms with Crippen LogP contribution in [0.1, 0.15) is 20.3 Å². The highest BCUT2D eigenvalue weighted by Gasteiger charge is 2.47. The van der Waals surface area contributed by atoms with Crippen LogP contribution in [0.4, 0.5) is 29.3 Å². The van der Waals surface area contributed by atoms with E-state index in [0.717, 1.165) is 16.4 Å². The smallest absolute Gasteiger partial charge is 0.377 e. The van der Waals surface area contributed by atoms with Crippen LogP contribution in [0, 0.1) is 5.82 Å². The van der Waals surface area contributed by atoms with Gasteiger partial charge in [0, 0.05) is 13.1 Å². The van der Waals surface area contributed by atoms with Crippen molar-refractivity contribution in [2.24, 2.45) is 0 Å². The standard InChI is InChI=1S/C16H20F4N4O3/c1-9-8-27-6-5-22(9)13-12(17)14(26)23-4-3-11(16(18,19)20)24(7-10(2)25)15(23)21-13/h9,11H,3-8H2,1-2H3/t9-,11?/m1/s1. The number of carbonyl (C=O) groups excluding carboxylic acids is 1. The Bertz CT molecular complexity index is 795. The Balaban J connectivity index is 2.13. The summed E-state index contributed by atoms with van der Waals surface area (Å²) in [4.78, 5) is 30.4. The molecule has 27 heavy (non-hydrogen) atoms. The fourth-order valence-electron chi connectivity index (χ4n) is 3.47. The second-order valence-electron chi connectivity index (χ2n) is 6.80. The van der Waals surface area contributed by atoms with Gasteiger partial charge in [-0.15, -0.1) is 0 Å². The summed E-state index contributed by atoms with van der Waals surface area (Å²) in [6.45, 7) is 2.82. The number of aromatic nitrogens is 2. The van der Waals surface area contributed by atoms with Crippen LogP contribution in [0.2, 0.25) is 0 Å². The fourth-order valence-corrected chi connectivity index (χ4v) is 3.47. The highest BCUT2D eigenvalue weighted by molar-refractivity contribution is 5.80. The van der Waals surface area contributed by atoms with Gasteiger partial charge >= 0.3 is 6.18 Å². The number of halogens is 4. The number of alkyl halides is 3. The molecule has 1 unspecified atom stereocenters. The highest BCUT2D eigenvalue weighted by atomic mass is 19.4. The Labute approximate surface area is 152 Å². The summed E-state index contributed by atoms with van der Waals surface area (Å²) in [6.07, 6.45) is -5.07. The third kappa shape index (κ3) is 3.64. The van der Waals surface area contributed by atoms with Crippen molar-refractivity contribution in [3.8, 4) is 0 Å². The highest BCUT2D eigenvalue weighted by Crippen LogP contribution is 2.34. The number of fused-ring (bicyclic) bond motifs is 1. The molecule has 2 aliphatic rings. The Kier molecular flexibility index (Phi) is 5.15. The molecule has 3 rings (SSSR count). The van der Waals surface area contributed by atoms with E-state index in [-0.39, 0.29) is 44.1 Å². The monoisotopic (exact) mass is 392 g/mol. The van der Waals surface area contributed by atoms with E-state index in [4.69, 9.17) is 4.74 Å². The number of anilines is 2. The van der Waals surface area contributed by atoms with Crippen molar-refractivity contribution in [1.29, 1.82) is 0 Å². The molecule has 150 valence electrons. The van der Waals surface area contributed by atoms with E-state index < -0.39 is 42.3 Å². The first-order chi connectivity index (χ1) is 12.6. The molecule has 7 nitrogen and oxygen atoms in total. The normalized spacial score (nSPS) is 23.3. The molecule has 0 amide bonds. The lowest BCUT2D eigenvalue weighted by molar-refractivity contribution is -0.153. The molecule has 2 atom stereocenters. The van der Waals surface area contributed by atoms with Gasteiger partial charge in [0.2, 0.25) is 11.8 Å². The van der Waals surface area contributed by atoms with E-state index in [1.54, 1.807) is 6.92 Å². The minimum atomic E-state index is -4.61. The third-order valence-corrected chi connectivity index (χ3v) is 4.75. The lowest BCUT2D eigenvalue weighted by Crippen LogP contribution is -2.54. The molecule has 0 saturated carbocycles. The molecule has 1 saturated heterocycles. The molecule has 0 N–H and O–H groups in total. The van der Waals surface area contributed by atoms with Gasteiger partial charge in [-0.2, -0.15) is 22.5 Å². The Morgan fingerprint density at radius 1 is 1.33 bits per heavy atom. The van der Waals surface area contributed by atoms with Gasteiger partial charge in [-0.05, 0) is 20.3 Å². The van der Waals surface area contributed by atoms with Crippen molar-refractivity contribution in [3.63, 3.8) is 0 Å². The predicted molar refractivity (Wildman–Crippen MR) is 88.6 cm³/mol. The minimum Gasteiger partial charge on any atom is -0.377 e. The third-order valence-electron chi connectivity index (χ3n) is 4.75. The number of rotatable bonds is 3. The fraction of sp³-hybridized carbons (Fsp3) is 0.688. The molecule has 2 aliphatic heterocycles. The van der Waals surface area contributed by atoms with Crippen molar-refractivity contribution in [1.82, 2.24) is 9.55 Å². The van der Waals surface area contributed by atoms with Gasteiger partial charge in [-0.25, -0.2) is 0 Å². The summed E-state index contributed by atoms with van der Waals surface area (Å²) in [5, 5.41) is 0. The van der Waals surface area contributed by atoms with Gasteiger partial charge in [-0.1, -0.05) is 0 Å². The number of hydrogen-bond acceptors (Lipinski definition) is 6. The van der Waals surface area contributed by atoms with E-state index >= 15 is 0 Å². The molecular formula is C16H20F4N4O3. The summed E-state index contributed by atoms with van der Waals surface area (Å²) in [7, 11) is 0. The zero-order valence-electron chi connectivity index (χ0n) is 14.9. The molecule has 0 aliphatic carbocycles. The molecule has 1 aromatic heterocycles. The van der Waals surface area contributed by atoms with Crippen LogP contribution in [0.3, 0.4) is 0 Å². The average Bonchev–Trinajstić information content (AvgIpc) is 2.57. The molecule has 1 aromatic rings. The lowest BCUT2D eigenvalue weighted by atomic mass is 10.1. The molecule has 0 radical (unpaired) electrons. The number of nitrogens with zero attached hydrogens (tertiary/aromatic N) is 4. The van der Waals surface area contributed by atoms with Crippen LogP contribution in [0.15, 0.2) is 4.79 Å². The Morgan fingerprint density at radius 3 is 2.63 bits per heavy atom. The molecular weight excluding hydrogens is 372 g/mol. The summed E-state index contributed by atoms with van der Waals surface area (Å²) >= 11 is 0. The maximum Gasteiger partial charge on any atom is 0.408 e. The van der Waals surface area contributed by atoms with Crippen molar-refractivity contribution < 1.29 is 27.1 Å². The summed E-state index contributed by atoms with van der Waals surface area (Å²) in [6, 6.07) is -2.26. The van der Waals surface area contributed by atoms with Crippen LogP contribution in [-0.2, 0) is 16.1 Å². The summed E-state index contributed by atoms with van der Waals surface area (Å²) in [5.74, 6) is -2.27. The van der Waals surface area contributed by atoms with Crippen LogP contribution >= 0.6 is 0 Å². The largest absolute Gasteiger partial charge is 0.408 e. The van der Waals surface area contributed by atoms with Gasteiger partial charge in [0.15, 0.2) is 5.82 Å². The summed E-state index contributed by atoms with van der Waals surface area (Å²) in [5.41, 5.74) is -1.04. The van der Waals surface area contributed by atoms with Crippen molar-refractivity contribution in [2.45, 2.75) is 45.1 Å². The van der Waals surface area contributed by atoms with E-state index in [1.807, 2.05) is 0 Å².